The molecule has 0 fully saturated rings. The Kier molecular flexibility index (Phi) is 8.25. The number of aryl methyl sites for hydroxylation is 3. The van der Waals surface area contributed by atoms with Gasteiger partial charge in [0.05, 0.1) is 22.4 Å². The molecule has 5 nitrogen and oxygen atoms in total. The Morgan fingerprint density at radius 3 is 2.18 bits per heavy atom. The number of fused-ring (bicyclic) bond motifs is 3. The van der Waals surface area contributed by atoms with Crippen LogP contribution in [0.15, 0.2) is 134 Å². The number of unbranched alkanes of at least 4 members (excludes halogenated alkanes) is 1. The van der Waals surface area contributed by atoms with Crippen molar-refractivity contribution in [1.29, 1.82) is 0 Å². The van der Waals surface area contributed by atoms with Crippen LogP contribution < -0.4 is 4.74 Å². The number of pyridine rings is 1. The molecule has 0 N–H and O–H groups in total. The molecule has 5 heteroatoms. The van der Waals surface area contributed by atoms with E-state index in [2.05, 4.69) is 158 Å². The normalized spacial score (nSPS) is 11.4. The van der Waals surface area contributed by atoms with Crippen LogP contribution in [-0.4, -0.2) is 19.3 Å². The Bertz CT molecular complexity index is 2470. The number of aromatic nitrogens is 4. The van der Waals surface area contributed by atoms with Crippen molar-refractivity contribution in [1.82, 2.24) is 19.3 Å². The molecule has 0 saturated heterocycles. The van der Waals surface area contributed by atoms with Crippen LogP contribution in [0, 0.1) is 20.8 Å². The Morgan fingerprint density at radius 2 is 1.42 bits per heavy atom. The van der Waals surface area contributed by atoms with Crippen molar-refractivity contribution in [3.8, 4) is 45.3 Å². The Balaban J connectivity index is 1.24. The summed E-state index contributed by atoms with van der Waals surface area (Å²) in [6.07, 6.45) is 5.09. The maximum atomic E-state index is 6.76. The fraction of sp³-hybridized carbons (Fsp3) is 0.156. The molecule has 3 heterocycles. The molecule has 0 amide bonds. The number of rotatable bonds is 9. The molecule has 8 aromatic rings. The maximum absolute atomic E-state index is 6.76. The van der Waals surface area contributed by atoms with Crippen LogP contribution in [0.2, 0.25) is 0 Å². The first-order valence-electron chi connectivity index (χ1n) is 17.5. The molecule has 3 aromatic heterocycles. The third kappa shape index (κ3) is 5.85. The molecule has 8 rings (SSSR count). The standard InChI is InChI=1S/C45H40N4O/c1-5-6-13-33-25-37(49-32(4)45(31(3)47-49)35-16-11-8-12-17-35)28-39(26-33)50-38-19-20-40-41-27-36(34-14-9-7-10-15-34)18-21-42(41)48(43(40)29-38)44-24-30(2)22-23-46-44/h7-12,14-29H,5-6,13H2,1-4H3. The monoisotopic (exact) mass is 652 g/mol. The topological polar surface area (TPSA) is 44.9 Å². The van der Waals surface area contributed by atoms with Gasteiger partial charge in [-0.1, -0.05) is 80.1 Å². The second-order valence-corrected chi connectivity index (χ2v) is 13.2. The molecule has 0 saturated carbocycles. The molecule has 0 bridgehead atoms. The third-order valence-corrected chi connectivity index (χ3v) is 9.58. The number of benzene rings is 5. The number of hydrogen-bond donors (Lipinski definition) is 0. The van der Waals surface area contributed by atoms with Gasteiger partial charge in [-0.25, -0.2) is 9.67 Å². The smallest absolute Gasteiger partial charge is 0.137 e. The average Bonchev–Trinajstić information content (AvgIpc) is 3.63. The molecule has 0 spiro atoms. The van der Waals surface area contributed by atoms with Gasteiger partial charge >= 0.3 is 0 Å². The molecule has 0 radical (unpaired) electrons. The van der Waals surface area contributed by atoms with Gasteiger partial charge in [-0.2, -0.15) is 5.10 Å². The summed E-state index contributed by atoms with van der Waals surface area (Å²) in [5.74, 6) is 2.45. The lowest BCUT2D eigenvalue weighted by molar-refractivity contribution is 0.482. The predicted octanol–water partition coefficient (Wildman–Crippen LogP) is 11.8. The predicted molar refractivity (Wildman–Crippen MR) is 206 cm³/mol. The number of hydrogen-bond acceptors (Lipinski definition) is 3. The van der Waals surface area contributed by atoms with Crippen LogP contribution in [0.3, 0.4) is 0 Å². The van der Waals surface area contributed by atoms with Gasteiger partial charge in [-0.15, -0.1) is 0 Å². The van der Waals surface area contributed by atoms with Gasteiger partial charge < -0.3 is 4.74 Å². The zero-order chi connectivity index (χ0) is 34.2. The molecule has 0 aliphatic heterocycles. The zero-order valence-electron chi connectivity index (χ0n) is 29.0. The fourth-order valence-corrected chi connectivity index (χ4v) is 7.17. The molecule has 0 aliphatic carbocycles. The van der Waals surface area contributed by atoms with Gasteiger partial charge in [0.2, 0.25) is 0 Å². The molecule has 5 aromatic carbocycles. The first-order valence-corrected chi connectivity index (χ1v) is 17.5. The minimum Gasteiger partial charge on any atom is -0.457 e. The van der Waals surface area contributed by atoms with E-state index in [0.717, 1.165) is 75.6 Å². The lowest BCUT2D eigenvalue weighted by Gasteiger charge is -2.13. The Labute approximate surface area is 293 Å². The van der Waals surface area contributed by atoms with Crippen molar-refractivity contribution in [3.63, 3.8) is 0 Å². The van der Waals surface area contributed by atoms with Crippen molar-refractivity contribution in [2.75, 3.05) is 0 Å². The molecule has 0 aliphatic rings. The summed E-state index contributed by atoms with van der Waals surface area (Å²) in [4.78, 5) is 4.81. The van der Waals surface area contributed by atoms with E-state index in [1.165, 1.54) is 33.2 Å². The van der Waals surface area contributed by atoms with Crippen LogP contribution >= 0.6 is 0 Å². The second-order valence-electron chi connectivity index (χ2n) is 13.2. The lowest BCUT2D eigenvalue weighted by Crippen LogP contribution is -2.02. The SMILES string of the molecule is CCCCc1cc(Oc2ccc3c4cc(-c5ccccc5)ccc4n(-c4cc(C)ccn4)c3c2)cc(-n2nc(C)c(-c3ccccc3)c2C)c1. The average molecular weight is 653 g/mol. The summed E-state index contributed by atoms with van der Waals surface area (Å²) in [6, 6.07) is 44.9. The van der Waals surface area contributed by atoms with Crippen molar-refractivity contribution in [2.24, 2.45) is 0 Å². The number of nitrogens with zero attached hydrogens (tertiary/aromatic N) is 4. The highest BCUT2D eigenvalue weighted by Crippen LogP contribution is 2.38. The van der Waals surface area contributed by atoms with Gasteiger partial charge in [-0.05, 0) is 110 Å². The van der Waals surface area contributed by atoms with Gasteiger partial charge in [0.15, 0.2) is 0 Å². The molecular weight excluding hydrogens is 613 g/mol. The summed E-state index contributed by atoms with van der Waals surface area (Å²) >= 11 is 0. The first-order chi connectivity index (χ1) is 24.5. The van der Waals surface area contributed by atoms with E-state index in [-0.39, 0.29) is 0 Å². The van der Waals surface area contributed by atoms with Crippen LogP contribution in [0.1, 0.15) is 42.3 Å². The van der Waals surface area contributed by atoms with E-state index < -0.39 is 0 Å². The van der Waals surface area contributed by atoms with E-state index in [0.29, 0.717) is 0 Å². The minimum atomic E-state index is 0.773. The first kappa shape index (κ1) is 31.3. The van der Waals surface area contributed by atoms with Crippen LogP contribution in [0.25, 0.3) is 55.6 Å². The summed E-state index contributed by atoms with van der Waals surface area (Å²) in [5, 5.41) is 7.36. The van der Waals surface area contributed by atoms with Gasteiger partial charge in [-0.3, -0.25) is 4.57 Å². The molecule has 246 valence electrons. The van der Waals surface area contributed by atoms with Gasteiger partial charge in [0, 0.05) is 40.4 Å². The molecular formula is C45H40N4O. The Morgan fingerprint density at radius 1 is 0.640 bits per heavy atom. The van der Waals surface area contributed by atoms with Crippen molar-refractivity contribution in [3.05, 3.63) is 156 Å². The highest BCUT2D eigenvalue weighted by molar-refractivity contribution is 6.10. The van der Waals surface area contributed by atoms with Crippen LogP contribution in [-0.2, 0) is 6.42 Å². The zero-order valence-corrected chi connectivity index (χ0v) is 29.0. The summed E-state index contributed by atoms with van der Waals surface area (Å²) in [7, 11) is 0. The van der Waals surface area contributed by atoms with Gasteiger partial charge in [0.25, 0.3) is 0 Å². The van der Waals surface area contributed by atoms with E-state index in [1.807, 2.05) is 12.3 Å². The van der Waals surface area contributed by atoms with E-state index in [1.54, 1.807) is 0 Å². The summed E-state index contributed by atoms with van der Waals surface area (Å²) in [6.45, 7) is 8.58. The highest BCUT2D eigenvalue weighted by Gasteiger charge is 2.18. The van der Waals surface area contributed by atoms with Gasteiger partial charge in [0.1, 0.15) is 17.3 Å². The van der Waals surface area contributed by atoms with Crippen molar-refractivity contribution < 1.29 is 4.74 Å². The maximum Gasteiger partial charge on any atom is 0.137 e. The highest BCUT2D eigenvalue weighted by atomic mass is 16.5. The quantitative estimate of drug-likeness (QED) is 0.156. The molecule has 50 heavy (non-hydrogen) atoms. The van der Waals surface area contributed by atoms with E-state index >= 15 is 0 Å². The van der Waals surface area contributed by atoms with E-state index in [4.69, 9.17) is 14.8 Å². The summed E-state index contributed by atoms with van der Waals surface area (Å²) in [5.41, 5.74) is 12.4. The van der Waals surface area contributed by atoms with Crippen LogP contribution in [0.5, 0.6) is 11.5 Å². The van der Waals surface area contributed by atoms with E-state index in [9.17, 15) is 0 Å². The van der Waals surface area contributed by atoms with Crippen molar-refractivity contribution >= 4 is 21.8 Å². The Hall–Kier alpha value is -5.94. The summed E-state index contributed by atoms with van der Waals surface area (Å²) < 4.78 is 11.1. The molecule has 0 atom stereocenters. The number of ether oxygens (including phenoxy) is 1. The second kappa shape index (κ2) is 13.2. The van der Waals surface area contributed by atoms with Crippen molar-refractivity contribution in [2.45, 2.75) is 47.0 Å². The molecule has 0 unspecified atom stereocenters. The fourth-order valence-electron chi connectivity index (χ4n) is 7.17. The minimum absolute atomic E-state index is 0.773. The lowest BCUT2D eigenvalue weighted by atomic mass is 10.0. The third-order valence-electron chi connectivity index (χ3n) is 9.58. The largest absolute Gasteiger partial charge is 0.457 e. The van der Waals surface area contributed by atoms with Crippen LogP contribution in [0.4, 0.5) is 0 Å².